The molecule has 1 saturated heterocycles. The van der Waals surface area contributed by atoms with Gasteiger partial charge in [-0.05, 0) is 45.4 Å². The van der Waals surface area contributed by atoms with Crippen LogP contribution in [0.2, 0.25) is 0 Å². The van der Waals surface area contributed by atoms with E-state index < -0.39 is 11.4 Å². The van der Waals surface area contributed by atoms with Gasteiger partial charge in [-0.25, -0.2) is 4.98 Å². The number of benzene rings is 1. The van der Waals surface area contributed by atoms with Crippen LogP contribution in [0.5, 0.6) is 0 Å². The summed E-state index contributed by atoms with van der Waals surface area (Å²) in [5, 5.41) is 12.0. The van der Waals surface area contributed by atoms with Gasteiger partial charge in [0.25, 0.3) is 0 Å². The molecule has 1 aromatic carbocycles. The van der Waals surface area contributed by atoms with Crippen LogP contribution < -0.4 is 0 Å². The fourth-order valence-electron chi connectivity index (χ4n) is 2.51. The van der Waals surface area contributed by atoms with Crippen molar-refractivity contribution in [3.63, 3.8) is 0 Å². The molecule has 1 aliphatic rings. The van der Waals surface area contributed by atoms with E-state index in [-0.39, 0.29) is 0 Å². The van der Waals surface area contributed by atoms with Gasteiger partial charge in [-0.2, -0.15) is 0 Å². The van der Waals surface area contributed by atoms with E-state index >= 15 is 0 Å². The molecule has 1 fully saturated rings. The zero-order chi connectivity index (χ0) is 17.4. The standard InChI is InChI=1S/C17H20N2O3S2/c1-11(19-20)12-5-7-13(8-6-12)23-15-18-9-14(24-15)17(4)10-21-16(2,3)22-17/h5-9,20H,10H2,1-4H3/b19-11-/t17-/m0/s1. The number of rotatable bonds is 4. The van der Waals surface area contributed by atoms with Crippen LogP contribution >= 0.6 is 23.1 Å². The van der Waals surface area contributed by atoms with Crippen molar-refractivity contribution in [1.82, 2.24) is 4.98 Å². The Morgan fingerprint density at radius 1 is 1.29 bits per heavy atom. The summed E-state index contributed by atoms with van der Waals surface area (Å²) in [7, 11) is 0. The van der Waals surface area contributed by atoms with E-state index in [1.54, 1.807) is 30.0 Å². The molecule has 1 aliphatic heterocycles. The predicted octanol–water partition coefficient (Wildman–Crippen LogP) is 4.49. The van der Waals surface area contributed by atoms with E-state index in [0.717, 1.165) is 19.7 Å². The van der Waals surface area contributed by atoms with Crippen LogP contribution in [0.1, 0.15) is 38.1 Å². The number of hydrogen-bond donors (Lipinski definition) is 1. The second-order valence-electron chi connectivity index (χ2n) is 6.32. The Kier molecular flexibility index (Phi) is 4.70. The number of aromatic nitrogens is 1. The summed E-state index contributed by atoms with van der Waals surface area (Å²) < 4.78 is 12.7. The summed E-state index contributed by atoms with van der Waals surface area (Å²) in [5.41, 5.74) is 1.04. The first kappa shape index (κ1) is 17.4. The molecular formula is C17H20N2O3S2. The minimum atomic E-state index is -0.562. The molecule has 0 saturated carbocycles. The lowest BCUT2D eigenvalue weighted by molar-refractivity contribution is -0.158. The first-order valence-corrected chi connectivity index (χ1v) is 9.22. The molecule has 2 aromatic rings. The predicted molar refractivity (Wildman–Crippen MR) is 95.1 cm³/mol. The number of oxime groups is 1. The van der Waals surface area contributed by atoms with Crippen molar-refractivity contribution in [2.24, 2.45) is 5.16 Å². The summed E-state index contributed by atoms with van der Waals surface area (Å²) >= 11 is 3.23. The van der Waals surface area contributed by atoms with Crippen LogP contribution in [0.4, 0.5) is 0 Å². The minimum Gasteiger partial charge on any atom is -0.411 e. The third-order valence-corrected chi connectivity index (χ3v) is 6.12. The Morgan fingerprint density at radius 3 is 2.58 bits per heavy atom. The monoisotopic (exact) mass is 364 g/mol. The molecule has 7 heteroatoms. The lowest BCUT2D eigenvalue weighted by Crippen LogP contribution is -2.27. The molecule has 0 aliphatic carbocycles. The van der Waals surface area contributed by atoms with Crippen molar-refractivity contribution in [2.75, 3.05) is 6.61 Å². The van der Waals surface area contributed by atoms with Gasteiger partial charge in [0.15, 0.2) is 10.1 Å². The highest BCUT2D eigenvalue weighted by Crippen LogP contribution is 2.42. The summed E-state index contributed by atoms with van der Waals surface area (Å²) in [6, 6.07) is 7.86. The van der Waals surface area contributed by atoms with Crippen LogP contribution in [-0.2, 0) is 15.1 Å². The van der Waals surface area contributed by atoms with Crippen molar-refractivity contribution in [3.8, 4) is 0 Å². The molecule has 0 unspecified atom stereocenters. The number of nitrogens with zero attached hydrogens (tertiary/aromatic N) is 2. The molecule has 0 spiro atoms. The molecule has 0 amide bonds. The molecule has 1 aromatic heterocycles. The van der Waals surface area contributed by atoms with Gasteiger partial charge in [-0.3, -0.25) is 0 Å². The fraction of sp³-hybridized carbons (Fsp3) is 0.412. The molecule has 3 rings (SSSR count). The molecule has 1 N–H and O–H groups in total. The van der Waals surface area contributed by atoms with Crippen LogP contribution in [0.3, 0.4) is 0 Å². The molecule has 128 valence electrons. The minimum absolute atomic E-state index is 0.446. The summed E-state index contributed by atoms with van der Waals surface area (Å²) in [4.78, 5) is 6.65. The van der Waals surface area contributed by atoms with Crippen LogP contribution in [0.25, 0.3) is 0 Å². The van der Waals surface area contributed by atoms with Gasteiger partial charge in [0.05, 0.1) is 17.2 Å². The lowest BCUT2D eigenvalue weighted by Gasteiger charge is -2.23. The highest BCUT2D eigenvalue weighted by molar-refractivity contribution is 8.01. The number of hydrogen-bond acceptors (Lipinski definition) is 7. The largest absolute Gasteiger partial charge is 0.411 e. The number of thiazole rings is 1. The first-order chi connectivity index (χ1) is 11.3. The summed E-state index contributed by atoms with van der Waals surface area (Å²) in [6.07, 6.45) is 1.87. The normalized spacial score (nSPS) is 23.6. The lowest BCUT2D eigenvalue weighted by atomic mass is 10.1. The SMILES string of the molecule is C/C(=N/O)c1ccc(Sc2ncc([C@]3(C)COC(C)(C)O3)s2)cc1. The van der Waals surface area contributed by atoms with Crippen molar-refractivity contribution in [3.05, 3.63) is 40.9 Å². The molecule has 1 atom stereocenters. The van der Waals surface area contributed by atoms with E-state index in [1.165, 1.54) is 0 Å². The van der Waals surface area contributed by atoms with Gasteiger partial charge in [0.2, 0.25) is 0 Å². The second kappa shape index (κ2) is 6.48. The smallest absolute Gasteiger partial charge is 0.164 e. The molecular weight excluding hydrogens is 344 g/mol. The molecule has 0 bridgehead atoms. The third-order valence-electron chi connectivity index (χ3n) is 3.80. The highest BCUT2D eigenvalue weighted by atomic mass is 32.2. The highest BCUT2D eigenvalue weighted by Gasteiger charge is 2.44. The summed E-state index contributed by atoms with van der Waals surface area (Å²) in [6.45, 7) is 8.18. The Balaban J connectivity index is 1.73. The average molecular weight is 364 g/mol. The second-order valence-corrected chi connectivity index (χ2v) is 8.67. The van der Waals surface area contributed by atoms with Crippen molar-refractivity contribution < 1.29 is 14.7 Å². The molecule has 0 radical (unpaired) electrons. The van der Waals surface area contributed by atoms with E-state index in [2.05, 4.69) is 10.1 Å². The van der Waals surface area contributed by atoms with E-state index in [4.69, 9.17) is 14.7 Å². The fourth-order valence-corrected chi connectivity index (χ4v) is 4.53. The van der Waals surface area contributed by atoms with Gasteiger partial charge in [0.1, 0.15) is 5.60 Å². The van der Waals surface area contributed by atoms with Crippen molar-refractivity contribution in [2.45, 2.75) is 48.3 Å². The maximum absolute atomic E-state index is 8.81. The first-order valence-electron chi connectivity index (χ1n) is 7.59. The van der Waals surface area contributed by atoms with Crippen molar-refractivity contribution >= 4 is 28.8 Å². The van der Waals surface area contributed by atoms with Gasteiger partial charge >= 0.3 is 0 Å². The summed E-state index contributed by atoms with van der Waals surface area (Å²) in [5.74, 6) is -0.562. The van der Waals surface area contributed by atoms with Gasteiger partial charge in [-0.1, -0.05) is 29.1 Å². The maximum atomic E-state index is 8.81. The molecule has 24 heavy (non-hydrogen) atoms. The topological polar surface area (TPSA) is 63.9 Å². The van der Waals surface area contributed by atoms with Crippen LogP contribution in [0.15, 0.2) is 44.9 Å². The molecule has 2 heterocycles. The Hall–Kier alpha value is -1.41. The van der Waals surface area contributed by atoms with Gasteiger partial charge in [-0.15, -0.1) is 11.3 Å². The maximum Gasteiger partial charge on any atom is 0.164 e. The number of ether oxygens (including phenoxy) is 2. The van der Waals surface area contributed by atoms with E-state index in [9.17, 15) is 0 Å². The van der Waals surface area contributed by atoms with Gasteiger partial charge in [0, 0.05) is 11.1 Å². The zero-order valence-corrected chi connectivity index (χ0v) is 15.7. The van der Waals surface area contributed by atoms with Gasteiger partial charge < -0.3 is 14.7 Å². The van der Waals surface area contributed by atoms with Crippen molar-refractivity contribution in [1.29, 1.82) is 0 Å². The third kappa shape index (κ3) is 3.64. The zero-order valence-electron chi connectivity index (χ0n) is 14.1. The van der Waals surface area contributed by atoms with E-state index in [0.29, 0.717) is 12.3 Å². The quantitative estimate of drug-likeness (QED) is 0.492. The van der Waals surface area contributed by atoms with Crippen LogP contribution in [-0.4, -0.2) is 28.3 Å². The average Bonchev–Trinajstić information content (AvgIpc) is 3.12. The molecule has 5 nitrogen and oxygen atoms in total. The van der Waals surface area contributed by atoms with Crippen LogP contribution in [0, 0.1) is 0 Å². The Morgan fingerprint density at radius 2 is 2.00 bits per heavy atom. The Bertz CT molecular complexity index is 755. The van der Waals surface area contributed by atoms with E-state index in [1.807, 2.05) is 51.2 Å². The Labute approximate surface area is 149 Å².